The molecule has 2 rings (SSSR count). The summed E-state index contributed by atoms with van der Waals surface area (Å²) in [5.41, 5.74) is 0.762. The molecule has 0 radical (unpaired) electrons. The molecule has 0 aliphatic carbocycles. The van der Waals surface area contributed by atoms with E-state index in [2.05, 4.69) is 5.32 Å². The monoisotopic (exact) mass is 408 g/mol. The van der Waals surface area contributed by atoms with Gasteiger partial charge in [-0.3, -0.25) is 4.79 Å². The van der Waals surface area contributed by atoms with Gasteiger partial charge in [-0.2, -0.15) is 4.31 Å². The Labute approximate surface area is 165 Å². The molecule has 6 nitrogen and oxygen atoms in total. The predicted molar refractivity (Wildman–Crippen MR) is 105 cm³/mol. The molecule has 0 bridgehead atoms. The standard InChI is InChI=1S/C20H25FN2O4S/c1-4-23(5-2)28(25,26)19-11-9-16(10-12-19)15(3)22-20(24)14-27-18-8-6-7-17(21)13-18/h6-13,15H,4-5,14H2,1-3H3,(H,22,24)/t15-/m1/s1. The maximum Gasteiger partial charge on any atom is 0.258 e. The summed E-state index contributed by atoms with van der Waals surface area (Å²) >= 11 is 0. The van der Waals surface area contributed by atoms with Crippen LogP contribution in [0.3, 0.4) is 0 Å². The highest BCUT2D eigenvalue weighted by atomic mass is 32.2. The Bertz CT molecular complexity index is 897. The Balaban J connectivity index is 1.97. The first kappa shape index (κ1) is 21.8. The van der Waals surface area contributed by atoms with Gasteiger partial charge in [0.25, 0.3) is 5.91 Å². The molecule has 0 unspecified atom stereocenters. The number of sulfonamides is 1. The van der Waals surface area contributed by atoms with E-state index in [0.29, 0.717) is 13.1 Å². The van der Waals surface area contributed by atoms with Crippen molar-refractivity contribution in [2.45, 2.75) is 31.7 Å². The second-order valence-electron chi connectivity index (χ2n) is 6.19. The van der Waals surface area contributed by atoms with Crippen LogP contribution >= 0.6 is 0 Å². The van der Waals surface area contributed by atoms with Crippen LogP contribution in [-0.2, 0) is 14.8 Å². The van der Waals surface area contributed by atoms with Gasteiger partial charge in [0.2, 0.25) is 10.0 Å². The van der Waals surface area contributed by atoms with E-state index in [1.807, 2.05) is 0 Å². The number of ether oxygens (including phenoxy) is 1. The SMILES string of the molecule is CCN(CC)S(=O)(=O)c1ccc([C@@H](C)NC(=O)COc2cccc(F)c2)cc1. The average Bonchev–Trinajstić information content (AvgIpc) is 2.67. The number of rotatable bonds is 9. The van der Waals surface area contributed by atoms with Crippen LogP contribution in [-0.4, -0.2) is 38.3 Å². The Hall–Kier alpha value is -2.45. The first-order valence-corrected chi connectivity index (χ1v) is 10.5. The lowest BCUT2D eigenvalue weighted by atomic mass is 10.1. The Morgan fingerprint density at radius 2 is 1.79 bits per heavy atom. The lowest BCUT2D eigenvalue weighted by molar-refractivity contribution is -0.123. The third-order valence-corrected chi connectivity index (χ3v) is 6.33. The van der Waals surface area contributed by atoms with Gasteiger partial charge in [-0.15, -0.1) is 0 Å². The lowest BCUT2D eigenvalue weighted by Crippen LogP contribution is -2.31. The van der Waals surface area contributed by atoms with E-state index in [9.17, 15) is 17.6 Å². The first-order valence-electron chi connectivity index (χ1n) is 9.05. The molecule has 0 aliphatic rings. The molecule has 0 saturated heterocycles. The van der Waals surface area contributed by atoms with E-state index in [0.717, 1.165) is 5.56 Å². The summed E-state index contributed by atoms with van der Waals surface area (Å²) in [6.45, 7) is 5.92. The quantitative estimate of drug-likeness (QED) is 0.692. The Morgan fingerprint density at radius 1 is 1.14 bits per heavy atom. The topological polar surface area (TPSA) is 75.7 Å². The third-order valence-electron chi connectivity index (χ3n) is 4.27. The predicted octanol–water partition coefficient (Wildman–Crippen LogP) is 3.11. The molecule has 152 valence electrons. The molecule has 28 heavy (non-hydrogen) atoms. The largest absolute Gasteiger partial charge is 0.484 e. The van der Waals surface area contributed by atoms with Crippen molar-refractivity contribution in [1.29, 1.82) is 0 Å². The fourth-order valence-electron chi connectivity index (χ4n) is 2.71. The smallest absolute Gasteiger partial charge is 0.258 e. The lowest BCUT2D eigenvalue weighted by Gasteiger charge is -2.19. The number of benzene rings is 2. The van der Waals surface area contributed by atoms with Crippen molar-refractivity contribution in [3.63, 3.8) is 0 Å². The Kier molecular flexibility index (Phi) is 7.53. The molecule has 0 aromatic heterocycles. The number of halogens is 1. The first-order chi connectivity index (χ1) is 13.3. The molecular formula is C20H25FN2O4S. The van der Waals surface area contributed by atoms with Gasteiger partial charge in [0.05, 0.1) is 10.9 Å². The van der Waals surface area contributed by atoms with Crippen LogP contribution in [0, 0.1) is 5.82 Å². The number of carbonyl (C=O) groups excluding carboxylic acids is 1. The van der Waals surface area contributed by atoms with Crippen molar-refractivity contribution in [1.82, 2.24) is 9.62 Å². The summed E-state index contributed by atoms with van der Waals surface area (Å²) < 4.78 is 44.8. The van der Waals surface area contributed by atoms with Gasteiger partial charge in [0, 0.05) is 19.2 Å². The number of nitrogens with one attached hydrogen (secondary N) is 1. The van der Waals surface area contributed by atoms with E-state index in [1.165, 1.54) is 34.6 Å². The van der Waals surface area contributed by atoms with Crippen molar-refractivity contribution in [3.05, 3.63) is 59.9 Å². The van der Waals surface area contributed by atoms with E-state index in [1.54, 1.807) is 39.0 Å². The van der Waals surface area contributed by atoms with Crippen molar-refractivity contribution in [2.24, 2.45) is 0 Å². The highest BCUT2D eigenvalue weighted by Gasteiger charge is 2.21. The number of carbonyl (C=O) groups is 1. The Morgan fingerprint density at radius 3 is 2.36 bits per heavy atom. The summed E-state index contributed by atoms with van der Waals surface area (Å²) in [7, 11) is -3.51. The summed E-state index contributed by atoms with van der Waals surface area (Å²) in [6, 6.07) is 11.6. The van der Waals surface area contributed by atoms with Crippen molar-refractivity contribution in [3.8, 4) is 5.75 Å². The second kappa shape index (κ2) is 9.66. The maximum absolute atomic E-state index is 13.1. The zero-order chi connectivity index (χ0) is 20.7. The van der Waals surface area contributed by atoms with Crippen LogP contribution in [0.5, 0.6) is 5.75 Å². The van der Waals surface area contributed by atoms with Gasteiger partial charge in [-0.1, -0.05) is 32.0 Å². The molecule has 8 heteroatoms. The van der Waals surface area contributed by atoms with Crippen LogP contribution in [0.4, 0.5) is 4.39 Å². The van der Waals surface area contributed by atoms with E-state index in [4.69, 9.17) is 4.74 Å². The minimum absolute atomic E-state index is 0.216. The molecule has 1 atom stereocenters. The van der Waals surface area contributed by atoms with Crippen LogP contribution in [0.1, 0.15) is 32.4 Å². The van der Waals surface area contributed by atoms with Crippen molar-refractivity contribution >= 4 is 15.9 Å². The molecule has 0 aliphatic heterocycles. The van der Waals surface area contributed by atoms with Crippen LogP contribution < -0.4 is 10.1 Å². The zero-order valence-electron chi connectivity index (χ0n) is 16.2. The molecule has 0 fully saturated rings. The van der Waals surface area contributed by atoms with Crippen LogP contribution in [0.2, 0.25) is 0 Å². The fourth-order valence-corrected chi connectivity index (χ4v) is 4.17. The maximum atomic E-state index is 13.1. The van der Waals surface area contributed by atoms with E-state index in [-0.39, 0.29) is 29.2 Å². The average molecular weight is 408 g/mol. The summed E-state index contributed by atoms with van der Waals surface area (Å²) in [4.78, 5) is 12.3. The molecule has 0 saturated carbocycles. The fraction of sp³-hybridized carbons (Fsp3) is 0.350. The van der Waals surface area contributed by atoms with E-state index < -0.39 is 15.8 Å². The van der Waals surface area contributed by atoms with E-state index >= 15 is 0 Å². The zero-order valence-corrected chi connectivity index (χ0v) is 17.0. The van der Waals surface area contributed by atoms with Gasteiger partial charge in [-0.25, -0.2) is 12.8 Å². The highest BCUT2D eigenvalue weighted by Crippen LogP contribution is 2.19. The number of amides is 1. The second-order valence-corrected chi connectivity index (χ2v) is 8.13. The van der Waals surface area contributed by atoms with Crippen molar-refractivity contribution < 1.29 is 22.3 Å². The molecule has 1 amide bonds. The molecule has 0 spiro atoms. The highest BCUT2D eigenvalue weighted by molar-refractivity contribution is 7.89. The number of hydrogen-bond acceptors (Lipinski definition) is 4. The summed E-state index contributed by atoms with van der Waals surface area (Å²) in [5, 5.41) is 2.77. The normalized spacial score (nSPS) is 12.6. The molecular weight excluding hydrogens is 383 g/mol. The summed E-state index contributed by atoms with van der Waals surface area (Å²) in [5.74, 6) is -0.531. The van der Waals surface area contributed by atoms with Crippen LogP contribution in [0.15, 0.2) is 53.4 Å². The number of nitrogens with zero attached hydrogens (tertiary/aromatic N) is 1. The summed E-state index contributed by atoms with van der Waals surface area (Å²) in [6.07, 6.45) is 0. The molecule has 2 aromatic carbocycles. The molecule has 1 N–H and O–H groups in total. The third kappa shape index (κ3) is 5.53. The van der Waals surface area contributed by atoms with Gasteiger partial charge in [0.15, 0.2) is 6.61 Å². The van der Waals surface area contributed by atoms with Crippen LogP contribution in [0.25, 0.3) is 0 Å². The van der Waals surface area contributed by atoms with Gasteiger partial charge < -0.3 is 10.1 Å². The number of hydrogen-bond donors (Lipinski definition) is 1. The molecule has 2 aromatic rings. The minimum atomic E-state index is -3.51. The van der Waals surface area contributed by atoms with Crippen molar-refractivity contribution in [2.75, 3.05) is 19.7 Å². The van der Waals surface area contributed by atoms with Gasteiger partial charge >= 0.3 is 0 Å². The minimum Gasteiger partial charge on any atom is -0.484 e. The molecule has 0 heterocycles. The van der Waals surface area contributed by atoms with Gasteiger partial charge in [-0.05, 0) is 36.8 Å². The van der Waals surface area contributed by atoms with Gasteiger partial charge in [0.1, 0.15) is 11.6 Å².